The van der Waals surface area contributed by atoms with Gasteiger partial charge in [-0.05, 0) is 30.2 Å². The summed E-state index contributed by atoms with van der Waals surface area (Å²) in [6.45, 7) is 8.49. The first-order valence-corrected chi connectivity index (χ1v) is 14.1. The summed E-state index contributed by atoms with van der Waals surface area (Å²) in [6, 6.07) is 8.05. The van der Waals surface area contributed by atoms with Crippen LogP contribution in [0.5, 0.6) is 0 Å². The largest absolute Gasteiger partial charge is 0.455 e. The summed E-state index contributed by atoms with van der Waals surface area (Å²) in [4.78, 5) is 52.3. The fourth-order valence-corrected chi connectivity index (χ4v) is 7.96. The standard InChI is InChI=1S/C31H38O11/c1-15-19(34)13-31(38)26(41-27(37)18-10-8-7-9-11-18)24-29(6,20(35)12-21-30(24,14-39-21)42-17(3)33)25(36)23(40-16(2)32)22(15)28(31,4)5/h7-11,20-21,23-26,35-36,38H,12-14H2,1-6H3/t20?,21?,23?,24-,25?,26?,29+,30-,31+/m0/s1. The van der Waals surface area contributed by atoms with Gasteiger partial charge in [0.15, 0.2) is 17.5 Å². The molecule has 11 nitrogen and oxygen atoms in total. The maximum absolute atomic E-state index is 13.7. The number of hydrogen-bond acceptors (Lipinski definition) is 11. The summed E-state index contributed by atoms with van der Waals surface area (Å²) in [5, 5.41) is 36.8. The second-order valence-corrected chi connectivity index (χ2v) is 12.8. The zero-order valence-corrected chi connectivity index (χ0v) is 24.6. The Morgan fingerprint density at radius 1 is 1.00 bits per heavy atom. The molecule has 2 bridgehead atoms. The minimum Gasteiger partial charge on any atom is -0.455 e. The topological polar surface area (TPSA) is 166 Å². The van der Waals surface area contributed by atoms with Gasteiger partial charge in [-0.25, -0.2) is 4.79 Å². The molecule has 4 aliphatic rings. The SMILES string of the molecule is CC(=O)OC1C2=C(C)C(=O)C[C@@](O)(C(OC(=O)c3ccccc3)[C@H]3[C@@](C)(C(O)CC4OC[C@]43OC(C)=O)C1O)C2(C)C. The quantitative estimate of drug-likeness (QED) is 0.347. The van der Waals surface area contributed by atoms with Crippen molar-refractivity contribution < 1.29 is 53.4 Å². The molecule has 1 aromatic rings. The number of ether oxygens (including phenoxy) is 4. The van der Waals surface area contributed by atoms with Gasteiger partial charge < -0.3 is 34.3 Å². The Hall–Kier alpha value is -3.12. The highest BCUT2D eigenvalue weighted by Gasteiger charge is 2.78. The molecule has 0 amide bonds. The fraction of sp³-hybridized carbons (Fsp3) is 0.613. The van der Waals surface area contributed by atoms with Crippen molar-refractivity contribution in [2.45, 2.75) is 96.1 Å². The second kappa shape index (κ2) is 9.97. The van der Waals surface area contributed by atoms with Gasteiger partial charge in [0.2, 0.25) is 0 Å². The van der Waals surface area contributed by atoms with Gasteiger partial charge in [-0.15, -0.1) is 0 Å². The van der Waals surface area contributed by atoms with Crippen molar-refractivity contribution in [3.63, 3.8) is 0 Å². The van der Waals surface area contributed by atoms with Crippen LogP contribution in [0.3, 0.4) is 0 Å². The van der Waals surface area contributed by atoms with E-state index in [1.54, 1.807) is 32.0 Å². The fourth-order valence-electron chi connectivity index (χ4n) is 7.96. The predicted molar refractivity (Wildman–Crippen MR) is 145 cm³/mol. The minimum absolute atomic E-state index is 0.0672. The third-order valence-electron chi connectivity index (χ3n) is 10.3. The van der Waals surface area contributed by atoms with Gasteiger partial charge in [0, 0.05) is 37.5 Å². The molecule has 0 spiro atoms. The molecule has 1 aliphatic heterocycles. The van der Waals surface area contributed by atoms with Crippen LogP contribution >= 0.6 is 0 Å². The van der Waals surface area contributed by atoms with E-state index >= 15 is 0 Å². The number of allylic oxidation sites excluding steroid dienone is 1. The van der Waals surface area contributed by atoms with E-state index in [4.69, 9.17) is 18.9 Å². The summed E-state index contributed by atoms with van der Waals surface area (Å²) < 4.78 is 23.6. The number of rotatable bonds is 4. The number of benzene rings is 1. The number of aliphatic hydroxyl groups is 3. The van der Waals surface area contributed by atoms with Crippen LogP contribution in [0.2, 0.25) is 0 Å². The lowest BCUT2D eigenvalue weighted by molar-refractivity contribution is -0.363. The smallest absolute Gasteiger partial charge is 0.338 e. The normalized spacial score (nSPS) is 40.4. The number of ketones is 1. The zero-order chi connectivity index (χ0) is 31.0. The van der Waals surface area contributed by atoms with Gasteiger partial charge >= 0.3 is 17.9 Å². The Kier molecular flexibility index (Phi) is 7.20. The Balaban J connectivity index is 1.84. The van der Waals surface area contributed by atoms with Crippen LogP contribution in [-0.2, 0) is 33.3 Å². The highest BCUT2D eigenvalue weighted by atomic mass is 16.6. The number of esters is 3. The van der Waals surface area contributed by atoms with E-state index in [9.17, 15) is 34.5 Å². The Morgan fingerprint density at radius 2 is 1.64 bits per heavy atom. The molecule has 5 unspecified atom stereocenters. The van der Waals surface area contributed by atoms with Gasteiger partial charge in [0.05, 0.1) is 24.2 Å². The monoisotopic (exact) mass is 586 g/mol. The minimum atomic E-state index is -2.17. The van der Waals surface area contributed by atoms with Crippen LogP contribution in [0.25, 0.3) is 0 Å². The summed E-state index contributed by atoms with van der Waals surface area (Å²) in [6.07, 6.45) is -7.54. The molecule has 0 aromatic heterocycles. The van der Waals surface area contributed by atoms with Crippen molar-refractivity contribution in [3.05, 3.63) is 47.0 Å². The van der Waals surface area contributed by atoms with Crippen molar-refractivity contribution in [1.82, 2.24) is 0 Å². The summed E-state index contributed by atoms with van der Waals surface area (Å²) in [5.41, 5.74) is -6.37. The third-order valence-corrected chi connectivity index (χ3v) is 10.3. The number of carbonyl (C=O) groups excluding carboxylic acids is 4. The Labute approximate surface area is 243 Å². The lowest BCUT2D eigenvalue weighted by Crippen LogP contribution is -2.82. The van der Waals surface area contributed by atoms with Crippen molar-refractivity contribution in [1.29, 1.82) is 0 Å². The second-order valence-electron chi connectivity index (χ2n) is 12.8. The van der Waals surface area contributed by atoms with Crippen molar-refractivity contribution in [2.75, 3.05) is 6.61 Å². The molecule has 42 heavy (non-hydrogen) atoms. The highest BCUT2D eigenvalue weighted by Crippen LogP contribution is 2.64. The number of carbonyl (C=O) groups is 4. The van der Waals surface area contributed by atoms with E-state index in [0.29, 0.717) is 0 Å². The molecule has 228 valence electrons. The molecular formula is C31H38O11. The molecule has 3 N–H and O–H groups in total. The summed E-state index contributed by atoms with van der Waals surface area (Å²) in [5.74, 6) is -4.08. The van der Waals surface area contributed by atoms with Crippen LogP contribution in [0.15, 0.2) is 41.5 Å². The number of fused-ring (bicyclic) bond motifs is 5. The van der Waals surface area contributed by atoms with Crippen molar-refractivity contribution in [2.24, 2.45) is 16.7 Å². The van der Waals surface area contributed by atoms with Crippen LogP contribution in [0, 0.1) is 16.7 Å². The number of aliphatic hydroxyl groups excluding tert-OH is 2. The predicted octanol–water partition coefficient (Wildman–Crippen LogP) is 1.65. The molecular weight excluding hydrogens is 548 g/mol. The van der Waals surface area contributed by atoms with E-state index in [1.165, 1.54) is 32.9 Å². The Morgan fingerprint density at radius 3 is 2.19 bits per heavy atom. The first kappa shape index (κ1) is 30.3. The van der Waals surface area contributed by atoms with E-state index in [-0.39, 0.29) is 29.7 Å². The maximum atomic E-state index is 13.7. The summed E-state index contributed by atoms with van der Waals surface area (Å²) >= 11 is 0. The van der Waals surface area contributed by atoms with Crippen LogP contribution < -0.4 is 0 Å². The van der Waals surface area contributed by atoms with Crippen LogP contribution in [-0.4, -0.2) is 87.3 Å². The number of Topliss-reactive ketones (excluding diaryl/α,β-unsaturated/α-hetero) is 1. The third kappa shape index (κ3) is 4.08. The van der Waals surface area contributed by atoms with Crippen LogP contribution in [0.4, 0.5) is 0 Å². The molecule has 3 aliphatic carbocycles. The first-order valence-electron chi connectivity index (χ1n) is 14.1. The Bertz CT molecular complexity index is 1350. The molecule has 9 atom stereocenters. The van der Waals surface area contributed by atoms with Gasteiger partial charge in [-0.3, -0.25) is 14.4 Å². The van der Waals surface area contributed by atoms with Gasteiger partial charge in [-0.2, -0.15) is 0 Å². The molecule has 0 radical (unpaired) electrons. The lowest BCUT2D eigenvalue weighted by Gasteiger charge is -2.68. The van der Waals surface area contributed by atoms with E-state index < -0.39 is 88.6 Å². The summed E-state index contributed by atoms with van der Waals surface area (Å²) in [7, 11) is 0. The molecule has 2 saturated carbocycles. The van der Waals surface area contributed by atoms with Crippen molar-refractivity contribution >= 4 is 23.7 Å². The van der Waals surface area contributed by atoms with Gasteiger partial charge in [0.25, 0.3) is 0 Å². The molecule has 5 rings (SSSR count). The molecule has 11 heteroatoms. The molecule has 1 heterocycles. The molecule has 3 fully saturated rings. The maximum Gasteiger partial charge on any atom is 0.338 e. The average molecular weight is 587 g/mol. The van der Waals surface area contributed by atoms with Gasteiger partial charge in [0.1, 0.15) is 23.9 Å². The zero-order valence-electron chi connectivity index (χ0n) is 24.6. The van der Waals surface area contributed by atoms with Crippen LogP contribution in [0.1, 0.15) is 64.7 Å². The molecule has 1 aromatic carbocycles. The average Bonchev–Trinajstić information content (AvgIpc) is 2.90. The first-order chi connectivity index (χ1) is 19.5. The highest BCUT2D eigenvalue weighted by molar-refractivity contribution is 5.98. The molecule has 1 saturated heterocycles. The van der Waals surface area contributed by atoms with Crippen molar-refractivity contribution in [3.8, 4) is 0 Å². The van der Waals surface area contributed by atoms with E-state index in [0.717, 1.165) is 6.92 Å². The lowest BCUT2D eigenvalue weighted by atomic mass is 9.44. The van der Waals surface area contributed by atoms with Gasteiger partial charge in [-0.1, -0.05) is 39.0 Å². The van der Waals surface area contributed by atoms with E-state index in [2.05, 4.69) is 0 Å². The number of hydrogen-bond donors (Lipinski definition) is 3. The van der Waals surface area contributed by atoms with E-state index in [1.807, 2.05) is 0 Å².